The highest BCUT2D eigenvalue weighted by Gasteiger charge is 2.13. The molecule has 0 spiro atoms. The van der Waals surface area contributed by atoms with Gasteiger partial charge in [-0.3, -0.25) is 14.5 Å². The van der Waals surface area contributed by atoms with Crippen LogP contribution in [0.15, 0.2) is 66.0 Å². The van der Waals surface area contributed by atoms with E-state index in [-0.39, 0.29) is 11.3 Å². The van der Waals surface area contributed by atoms with E-state index < -0.39 is 0 Å². The van der Waals surface area contributed by atoms with E-state index in [2.05, 4.69) is 60.4 Å². The Morgan fingerprint density at radius 1 is 1.15 bits per heavy atom. The van der Waals surface area contributed by atoms with Gasteiger partial charge >= 0.3 is 0 Å². The first-order valence-corrected chi connectivity index (χ1v) is 9.84. The van der Waals surface area contributed by atoms with E-state index in [1.165, 1.54) is 17.3 Å². The van der Waals surface area contributed by atoms with Crippen molar-refractivity contribution in [2.75, 3.05) is 11.1 Å². The van der Waals surface area contributed by atoms with Gasteiger partial charge in [0.1, 0.15) is 0 Å². The molecule has 1 amide bonds. The van der Waals surface area contributed by atoms with E-state index in [0.29, 0.717) is 18.1 Å². The zero-order valence-corrected chi connectivity index (χ0v) is 16.7. The summed E-state index contributed by atoms with van der Waals surface area (Å²) in [6, 6.07) is 14.1. The summed E-state index contributed by atoms with van der Waals surface area (Å²) in [6.07, 6.45) is 5.40. The van der Waals surface area contributed by atoms with Crippen LogP contribution in [0, 0.1) is 0 Å². The molecule has 5 nitrogen and oxygen atoms in total. The van der Waals surface area contributed by atoms with E-state index in [1.807, 2.05) is 24.5 Å². The monoisotopic (exact) mass is 380 g/mol. The van der Waals surface area contributed by atoms with Crippen LogP contribution in [-0.4, -0.2) is 26.4 Å². The van der Waals surface area contributed by atoms with Gasteiger partial charge in [-0.05, 0) is 34.7 Å². The third-order valence-corrected chi connectivity index (χ3v) is 5.08. The van der Waals surface area contributed by atoms with Crippen molar-refractivity contribution in [3.05, 3.63) is 72.2 Å². The van der Waals surface area contributed by atoms with Crippen LogP contribution in [0.25, 0.3) is 0 Å². The Morgan fingerprint density at radius 2 is 1.93 bits per heavy atom. The molecule has 2 aromatic heterocycles. The molecule has 0 aliphatic rings. The smallest absolute Gasteiger partial charge is 0.235 e. The molecule has 3 rings (SSSR count). The number of amides is 1. The van der Waals surface area contributed by atoms with E-state index in [1.54, 1.807) is 16.9 Å². The molecule has 0 atom stereocenters. The Balaban J connectivity index is 1.49. The normalized spacial score (nSPS) is 11.4. The van der Waals surface area contributed by atoms with Gasteiger partial charge in [-0.15, -0.1) is 11.8 Å². The van der Waals surface area contributed by atoms with Crippen LogP contribution in [0.1, 0.15) is 31.9 Å². The molecule has 3 aromatic rings. The summed E-state index contributed by atoms with van der Waals surface area (Å²) in [5.41, 5.74) is 2.48. The second-order valence-corrected chi connectivity index (χ2v) is 8.42. The summed E-state index contributed by atoms with van der Waals surface area (Å²) in [6.45, 7) is 7.20. The molecule has 0 unspecified atom stereocenters. The fourth-order valence-corrected chi connectivity index (χ4v) is 3.27. The van der Waals surface area contributed by atoms with Crippen molar-refractivity contribution in [2.45, 2.75) is 37.6 Å². The average molecular weight is 381 g/mol. The minimum absolute atomic E-state index is 0.0634. The maximum atomic E-state index is 12.2. The topological polar surface area (TPSA) is 59.8 Å². The van der Waals surface area contributed by atoms with Gasteiger partial charge in [0.25, 0.3) is 0 Å². The predicted molar refractivity (Wildman–Crippen MR) is 110 cm³/mol. The first kappa shape index (κ1) is 19.2. The van der Waals surface area contributed by atoms with Crippen molar-refractivity contribution in [1.29, 1.82) is 0 Å². The van der Waals surface area contributed by atoms with Crippen LogP contribution in [0.3, 0.4) is 0 Å². The van der Waals surface area contributed by atoms with E-state index in [0.717, 1.165) is 10.5 Å². The van der Waals surface area contributed by atoms with Gasteiger partial charge in [0.05, 0.1) is 12.3 Å². The Morgan fingerprint density at radius 3 is 2.59 bits per heavy atom. The van der Waals surface area contributed by atoms with Gasteiger partial charge < -0.3 is 5.32 Å². The highest BCUT2D eigenvalue weighted by Crippen LogP contribution is 2.25. The molecule has 0 fully saturated rings. The number of nitrogens with one attached hydrogen (secondary N) is 1. The van der Waals surface area contributed by atoms with Crippen LogP contribution in [-0.2, 0) is 16.8 Å². The van der Waals surface area contributed by atoms with Gasteiger partial charge in [0, 0.05) is 29.6 Å². The summed E-state index contributed by atoms with van der Waals surface area (Å²) in [5.74, 6) is 0.851. The molecule has 0 aliphatic carbocycles. The zero-order chi connectivity index (χ0) is 19.3. The summed E-state index contributed by atoms with van der Waals surface area (Å²) < 4.78 is 1.78. The molecule has 2 heterocycles. The largest absolute Gasteiger partial charge is 0.308 e. The van der Waals surface area contributed by atoms with Crippen molar-refractivity contribution in [1.82, 2.24) is 14.8 Å². The third kappa shape index (κ3) is 5.69. The van der Waals surface area contributed by atoms with Gasteiger partial charge in [-0.1, -0.05) is 39.0 Å². The summed E-state index contributed by atoms with van der Waals surface area (Å²) in [5, 5.41) is 7.23. The Bertz CT molecular complexity index is 883. The minimum atomic E-state index is -0.0634. The fraction of sp³-hybridized carbons (Fsp3) is 0.286. The summed E-state index contributed by atoms with van der Waals surface area (Å²) >= 11 is 1.52. The number of aromatic nitrogens is 3. The van der Waals surface area contributed by atoms with Crippen molar-refractivity contribution >= 4 is 23.5 Å². The van der Waals surface area contributed by atoms with Crippen molar-refractivity contribution in [3.8, 4) is 0 Å². The summed E-state index contributed by atoms with van der Waals surface area (Å²) in [7, 11) is 0. The van der Waals surface area contributed by atoms with Crippen LogP contribution in [0.4, 0.5) is 5.82 Å². The maximum Gasteiger partial charge on any atom is 0.235 e. The van der Waals surface area contributed by atoms with Gasteiger partial charge in [0.15, 0.2) is 5.82 Å². The zero-order valence-electron chi connectivity index (χ0n) is 15.8. The second kappa shape index (κ2) is 8.39. The van der Waals surface area contributed by atoms with Gasteiger partial charge in [-0.2, -0.15) is 5.10 Å². The lowest BCUT2D eigenvalue weighted by molar-refractivity contribution is -0.113. The van der Waals surface area contributed by atoms with E-state index >= 15 is 0 Å². The van der Waals surface area contributed by atoms with Crippen molar-refractivity contribution in [2.24, 2.45) is 0 Å². The molecule has 1 aromatic carbocycles. The lowest BCUT2D eigenvalue weighted by Crippen LogP contribution is -2.15. The molecule has 0 bridgehead atoms. The molecule has 6 heteroatoms. The van der Waals surface area contributed by atoms with Crippen molar-refractivity contribution < 1.29 is 4.79 Å². The lowest BCUT2D eigenvalue weighted by Gasteiger charge is -2.19. The minimum Gasteiger partial charge on any atom is -0.308 e. The van der Waals surface area contributed by atoms with Gasteiger partial charge in [0.2, 0.25) is 5.91 Å². The van der Waals surface area contributed by atoms with Crippen LogP contribution in [0.5, 0.6) is 0 Å². The molecule has 140 valence electrons. The van der Waals surface area contributed by atoms with Crippen LogP contribution < -0.4 is 5.32 Å². The Hall–Kier alpha value is -2.60. The number of anilines is 1. The highest BCUT2D eigenvalue weighted by molar-refractivity contribution is 8.00. The second-order valence-electron chi connectivity index (χ2n) is 7.37. The average Bonchev–Trinajstić information content (AvgIpc) is 3.07. The highest BCUT2D eigenvalue weighted by atomic mass is 32.2. The third-order valence-electron chi connectivity index (χ3n) is 4.07. The number of pyridine rings is 1. The maximum absolute atomic E-state index is 12.2. The molecular weight excluding hydrogens is 356 g/mol. The first-order valence-electron chi connectivity index (χ1n) is 8.86. The lowest BCUT2D eigenvalue weighted by atomic mass is 9.87. The van der Waals surface area contributed by atoms with Gasteiger partial charge in [-0.25, -0.2) is 0 Å². The number of hydrogen-bond acceptors (Lipinski definition) is 4. The van der Waals surface area contributed by atoms with E-state index in [9.17, 15) is 4.79 Å². The molecule has 0 saturated heterocycles. The van der Waals surface area contributed by atoms with Crippen LogP contribution in [0.2, 0.25) is 0 Å². The number of rotatable bonds is 6. The Kier molecular flexibility index (Phi) is 5.96. The SMILES string of the molecule is CC(C)(C)c1ccc(SCC(=O)Nc2ccn(Cc3cccnc3)n2)cc1. The molecule has 0 aliphatic heterocycles. The van der Waals surface area contributed by atoms with Crippen molar-refractivity contribution in [3.63, 3.8) is 0 Å². The molecule has 0 radical (unpaired) electrons. The number of carbonyl (C=O) groups excluding carboxylic acids is 1. The summed E-state index contributed by atoms with van der Waals surface area (Å²) in [4.78, 5) is 17.4. The number of thioether (sulfide) groups is 1. The molecular formula is C21H24N4OS. The number of benzene rings is 1. The molecule has 0 saturated carbocycles. The molecule has 27 heavy (non-hydrogen) atoms. The Labute approximate surface area is 164 Å². The number of hydrogen-bond donors (Lipinski definition) is 1. The van der Waals surface area contributed by atoms with Crippen LogP contribution >= 0.6 is 11.8 Å². The predicted octanol–water partition coefficient (Wildman–Crippen LogP) is 4.35. The number of nitrogens with zero attached hydrogens (tertiary/aromatic N) is 3. The standard InChI is InChI=1S/C21H24N4OS/c1-21(2,3)17-6-8-18(9-7-17)27-15-20(26)23-19-10-12-25(24-19)14-16-5-4-11-22-13-16/h4-13H,14-15H2,1-3H3,(H,23,24,26). The quantitative estimate of drug-likeness (QED) is 0.646. The number of carbonyl (C=O) groups is 1. The first-order chi connectivity index (χ1) is 12.9. The molecule has 1 N–H and O–H groups in total. The fourth-order valence-electron chi connectivity index (χ4n) is 2.57. The van der Waals surface area contributed by atoms with E-state index in [4.69, 9.17) is 0 Å².